The maximum absolute atomic E-state index is 13.6. The van der Waals surface area contributed by atoms with E-state index < -0.39 is 5.54 Å². The highest BCUT2D eigenvalue weighted by Gasteiger charge is 2.47. The van der Waals surface area contributed by atoms with Gasteiger partial charge in [-0.2, -0.15) is 5.10 Å². The van der Waals surface area contributed by atoms with Gasteiger partial charge >= 0.3 is 0 Å². The predicted octanol–water partition coefficient (Wildman–Crippen LogP) is 4.68. The monoisotopic (exact) mass is 522 g/mol. The van der Waals surface area contributed by atoms with E-state index in [-0.39, 0.29) is 17.9 Å². The Morgan fingerprint density at radius 2 is 1.97 bits per heavy atom. The zero-order valence-corrected chi connectivity index (χ0v) is 22.7. The molecule has 2 N–H and O–H groups in total. The number of aromatic nitrogens is 3. The average Bonchev–Trinajstić information content (AvgIpc) is 3.52. The SMILES string of the molecule is Cc1ccc(N2CCC3(CCCCN3)C2=O)cc1C(=O)N[C@H](C)c1cc(-c2cnn(C)c2)nc2ccccc12. The lowest BCUT2D eigenvalue weighted by molar-refractivity contribution is -0.123. The summed E-state index contributed by atoms with van der Waals surface area (Å²) in [5, 5.41) is 12.0. The Morgan fingerprint density at radius 3 is 2.74 bits per heavy atom. The van der Waals surface area contributed by atoms with Gasteiger partial charge in [-0.15, -0.1) is 0 Å². The van der Waals surface area contributed by atoms with Crippen LogP contribution >= 0.6 is 0 Å². The van der Waals surface area contributed by atoms with Crippen LogP contribution in [0.4, 0.5) is 5.69 Å². The Hall–Kier alpha value is -4.04. The number of anilines is 1. The fourth-order valence-corrected chi connectivity index (χ4v) is 6.02. The number of carbonyl (C=O) groups is 2. The minimum atomic E-state index is -0.450. The lowest BCUT2D eigenvalue weighted by Gasteiger charge is -2.33. The molecule has 1 unspecified atom stereocenters. The third-order valence-electron chi connectivity index (χ3n) is 8.25. The van der Waals surface area contributed by atoms with E-state index in [9.17, 15) is 9.59 Å². The van der Waals surface area contributed by atoms with Gasteiger partial charge in [0.15, 0.2) is 0 Å². The highest BCUT2D eigenvalue weighted by molar-refractivity contribution is 6.04. The fourth-order valence-electron chi connectivity index (χ4n) is 6.02. The van der Waals surface area contributed by atoms with Crippen molar-refractivity contribution in [3.8, 4) is 11.3 Å². The molecule has 39 heavy (non-hydrogen) atoms. The maximum Gasteiger partial charge on any atom is 0.252 e. The quantitative estimate of drug-likeness (QED) is 0.397. The molecule has 2 atom stereocenters. The minimum absolute atomic E-state index is 0.122. The van der Waals surface area contributed by atoms with Gasteiger partial charge in [0.1, 0.15) is 5.54 Å². The number of aryl methyl sites for hydroxylation is 2. The molecule has 2 aliphatic rings. The molecule has 2 aromatic heterocycles. The van der Waals surface area contributed by atoms with Gasteiger partial charge in [-0.05, 0) is 81.5 Å². The topological polar surface area (TPSA) is 92.2 Å². The Bertz CT molecular complexity index is 1570. The van der Waals surface area contributed by atoms with Gasteiger partial charge in [-0.3, -0.25) is 14.3 Å². The summed E-state index contributed by atoms with van der Waals surface area (Å²) in [6.07, 6.45) is 7.58. The summed E-state index contributed by atoms with van der Waals surface area (Å²) in [5.74, 6) is -0.0419. The van der Waals surface area contributed by atoms with E-state index in [0.717, 1.165) is 71.2 Å². The van der Waals surface area contributed by atoms with Crippen LogP contribution in [0.15, 0.2) is 60.9 Å². The lowest BCUT2D eigenvalue weighted by Crippen LogP contribution is -2.54. The van der Waals surface area contributed by atoms with E-state index in [4.69, 9.17) is 4.98 Å². The summed E-state index contributed by atoms with van der Waals surface area (Å²) in [6, 6.07) is 15.5. The van der Waals surface area contributed by atoms with E-state index in [0.29, 0.717) is 12.1 Å². The first-order valence-electron chi connectivity index (χ1n) is 13.7. The van der Waals surface area contributed by atoms with Crippen molar-refractivity contribution in [3.63, 3.8) is 0 Å². The lowest BCUT2D eigenvalue weighted by atomic mass is 9.87. The van der Waals surface area contributed by atoms with Crippen LogP contribution in [0.5, 0.6) is 0 Å². The van der Waals surface area contributed by atoms with E-state index in [1.165, 1.54) is 0 Å². The van der Waals surface area contributed by atoms with Gasteiger partial charge in [0, 0.05) is 42.0 Å². The molecule has 0 aliphatic carbocycles. The van der Waals surface area contributed by atoms with Crippen LogP contribution < -0.4 is 15.5 Å². The van der Waals surface area contributed by atoms with Crippen LogP contribution in [0.2, 0.25) is 0 Å². The first-order valence-corrected chi connectivity index (χ1v) is 13.7. The number of amides is 2. The summed E-state index contributed by atoms with van der Waals surface area (Å²) >= 11 is 0. The number of nitrogens with one attached hydrogen (secondary N) is 2. The molecule has 2 aliphatic heterocycles. The van der Waals surface area contributed by atoms with Crippen molar-refractivity contribution >= 4 is 28.4 Å². The van der Waals surface area contributed by atoms with Crippen LogP contribution in [0, 0.1) is 6.92 Å². The second-order valence-electron chi connectivity index (χ2n) is 10.9. The standard InChI is InChI=1S/C31H34N6O2/c1-20-10-11-23(37-15-13-31(30(37)39)12-6-7-14-32-31)16-25(20)29(38)34-21(2)26-17-28(22-18-33-36(3)19-22)35-27-9-5-4-8-24(26)27/h4-5,8-11,16-19,21,32H,6-7,12-15H2,1-3H3,(H,34,38)/t21-,31?/m1/s1. The summed E-state index contributed by atoms with van der Waals surface area (Å²) in [6.45, 7) is 5.47. The third-order valence-corrected chi connectivity index (χ3v) is 8.25. The summed E-state index contributed by atoms with van der Waals surface area (Å²) < 4.78 is 1.75. The predicted molar refractivity (Wildman–Crippen MR) is 153 cm³/mol. The van der Waals surface area contributed by atoms with Crippen molar-refractivity contribution < 1.29 is 9.59 Å². The molecule has 8 nitrogen and oxygen atoms in total. The summed E-state index contributed by atoms with van der Waals surface area (Å²) in [4.78, 5) is 33.8. The van der Waals surface area contributed by atoms with Gasteiger partial charge in [0.05, 0.1) is 23.4 Å². The number of carbonyl (C=O) groups excluding carboxylic acids is 2. The highest BCUT2D eigenvalue weighted by Crippen LogP contribution is 2.35. The summed E-state index contributed by atoms with van der Waals surface area (Å²) in [7, 11) is 1.88. The largest absolute Gasteiger partial charge is 0.345 e. The van der Waals surface area contributed by atoms with Crippen LogP contribution in [0.1, 0.15) is 60.1 Å². The van der Waals surface area contributed by atoms with Gasteiger partial charge < -0.3 is 15.5 Å². The number of rotatable bonds is 5. The average molecular weight is 523 g/mol. The van der Waals surface area contributed by atoms with E-state index in [2.05, 4.69) is 15.7 Å². The second-order valence-corrected chi connectivity index (χ2v) is 10.9. The molecular weight excluding hydrogens is 488 g/mol. The van der Waals surface area contributed by atoms with Gasteiger partial charge in [-0.1, -0.05) is 24.3 Å². The van der Waals surface area contributed by atoms with Crippen molar-refractivity contribution in [3.05, 3.63) is 77.6 Å². The Kier molecular flexibility index (Phi) is 6.43. The smallest absolute Gasteiger partial charge is 0.252 e. The molecule has 200 valence electrons. The van der Waals surface area contributed by atoms with E-state index >= 15 is 0 Å². The molecular formula is C31H34N6O2. The van der Waals surface area contributed by atoms with Gasteiger partial charge in [-0.25, -0.2) is 4.98 Å². The van der Waals surface area contributed by atoms with Crippen molar-refractivity contribution in [1.29, 1.82) is 0 Å². The first kappa shape index (κ1) is 25.2. The first-order chi connectivity index (χ1) is 18.8. The van der Waals surface area contributed by atoms with Gasteiger partial charge in [0.2, 0.25) is 5.91 Å². The molecule has 2 aromatic carbocycles. The number of piperidine rings is 1. The van der Waals surface area contributed by atoms with Crippen molar-refractivity contribution in [2.45, 2.75) is 51.1 Å². The number of fused-ring (bicyclic) bond motifs is 1. The normalized spacial score (nSPS) is 20.1. The molecule has 0 radical (unpaired) electrons. The molecule has 2 amide bonds. The van der Waals surface area contributed by atoms with E-state index in [1.54, 1.807) is 10.9 Å². The number of hydrogen-bond acceptors (Lipinski definition) is 5. The van der Waals surface area contributed by atoms with Crippen LogP contribution in [0.25, 0.3) is 22.2 Å². The minimum Gasteiger partial charge on any atom is -0.345 e. The van der Waals surface area contributed by atoms with Crippen LogP contribution in [0.3, 0.4) is 0 Å². The molecule has 4 aromatic rings. The number of hydrogen-bond donors (Lipinski definition) is 2. The third kappa shape index (κ3) is 4.59. The maximum atomic E-state index is 13.6. The van der Waals surface area contributed by atoms with Crippen LogP contribution in [-0.2, 0) is 11.8 Å². The summed E-state index contributed by atoms with van der Waals surface area (Å²) in [5.41, 5.74) is 5.37. The van der Waals surface area contributed by atoms with E-state index in [1.807, 2.05) is 80.5 Å². The number of para-hydroxylation sites is 1. The number of nitrogens with zero attached hydrogens (tertiary/aromatic N) is 4. The molecule has 4 heterocycles. The van der Waals surface area contributed by atoms with Gasteiger partial charge in [0.25, 0.3) is 5.91 Å². The molecule has 1 spiro atoms. The van der Waals surface area contributed by atoms with Crippen molar-refractivity contribution in [2.75, 3.05) is 18.0 Å². The fraction of sp³-hybridized carbons (Fsp3) is 0.355. The Balaban J connectivity index is 1.28. The van der Waals surface area contributed by atoms with Crippen LogP contribution in [-0.4, -0.2) is 45.2 Å². The zero-order chi connectivity index (χ0) is 27.1. The Labute approximate surface area is 228 Å². The Morgan fingerprint density at radius 1 is 1.13 bits per heavy atom. The highest BCUT2D eigenvalue weighted by atomic mass is 16.2. The second kappa shape index (κ2) is 9.93. The number of benzene rings is 2. The molecule has 2 saturated heterocycles. The molecule has 0 bridgehead atoms. The molecule has 8 heteroatoms. The molecule has 6 rings (SSSR count). The zero-order valence-electron chi connectivity index (χ0n) is 22.7. The van der Waals surface area contributed by atoms with Crippen molar-refractivity contribution in [2.24, 2.45) is 7.05 Å². The van der Waals surface area contributed by atoms with Crippen molar-refractivity contribution in [1.82, 2.24) is 25.4 Å². The molecule has 2 fully saturated rings. The molecule has 0 saturated carbocycles. The number of pyridine rings is 1.